The van der Waals surface area contributed by atoms with Gasteiger partial charge in [0, 0.05) is 19.6 Å². The summed E-state index contributed by atoms with van der Waals surface area (Å²) in [6, 6.07) is 19.2. The van der Waals surface area contributed by atoms with Crippen molar-refractivity contribution in [2.45, 2.75) is 51.5 Å². The predicted octanol–water partition coefficient (Wildman–Crippen LogP) is 6.08. The number of fused-ring (bicyclic) bond motifs is 1. The molecular formula is C29H34N2O4. The number of hydrogen-bond acceptors (Lipinski definition) is 4. The summed E-state index contributed by atoms with van der Waals surface area (Å²) in [4.78, 5) is 25.8. The van der Waals surface area contributed by atoms with Crippen LogP contribution in [0.3, 0.4) is 0 Å². The Morgan fingerprint density at radius 1 is 0.914 bits per heavy atom. The molecule has 35 heavy (non-hydrogen) atoms. The van der Waals surface area contributed by atoms with Gasteiger partial charge < -0.3 is 20.1 Å². The van der Waals surface area contributed by atoms with Gasteiger partial charge in [-0.2, -0.15) is 0 Å². The zero-order chi connectivity index (χ0) is 24.8. The second kappa shape index (κ2) is 8.45. The van der Waals surface area contributed by atoms with Crippen molar-refractivity contribution in [1.29, 1.82) is 0 Å². The normalized spacial score (nSPS) is 15.4. The zero-order valence-electron chi connectivity index (χ0n) is 20.5. The van der Waals surface area contributed by atoms with Crippen LogP contribution in [0.1, 0.15) is 58.0 Å². The standard InChI is InChI=1S/C29H30N2O4.2H2/c1-18-5-11-22(16-23(18)19-6-8-20(9-7-19)26(32)31-28(2,3)4)30-27(33)29(13-14-29)21-10-12-24-25(15-21)35-17-34-24;;/h5-12,15-16H,13-14,17H2,1-4H3,(H,30,33)(H,31,32);2*1H. The average Bonchev–Trinajstić information content (AvgIpc) is 3.50. The number of amides is 2. The largest absolute Gasteiger partial charge is 0.454 e. The predicted molar refractivity (Wildman–Crippen MR) is 140 cm³/mol. The molecule has 5 rings (SSSR count). The summed E-state index contributed by atoms with van der Waals surface area (Å²) < 4.78 is 10.9. The van der Waals surface area contributed by atoms with Crippen molar-refractivity contribution in [2.24, 2.45) is 0 Å². The van der Waals surface area contributed by atoms with Gasteiger partial charge in [-0.25, -0.2) is 0 Å². The Balaban J connectivity index is 0.00000190. The molecule has 1 heterocycles. The van der Waals surface area contributed by atoms with Crippen molar-refractivity contribution in [2.75, 3.05) is 12.1 Å². The number of ether oxygens (including phenoxy) is 2. The van der Waals surface area contributed by atoms with Gasteiger partial charge in [0.15, 0.2) is 11.5 Å². The van der Waals surface area contributed by atoms with Crippen LogP contribution in [0.25, 0.3) is 11.1 Å². The maximum Gasteiger partial charge on any atom is 0.251 e. The fourth-order valence-electron chi connectivity index (χ4n) is 4.44. The van der Waals surface area contributed by atoms with E-state index in [-0.39, 0.29) is 27.0 Å². The van der Waals surface area contributed by atoms with Gasteiger partial charge in [0.05, 0.1) is 5.41 Å². The van der Waals surface area contributed by atoms with E-state index in [4.69, 9.17) is 9.47 Å². The molecule has 0 atom stereocenters. The number of benzene rings is 3. The second-order valence-electron chi connectivity index (χ2n) is 10.4. The lowest BCUT2D eigenvalue weighted by atomic mass is 9.94. The molecule has 6 heteroatoms. The quantitative estimate of drug-likeness (QED) is 0.470. The minimum Gasteiger partial charge on any atom is -0.454 e. The summed E-state index contributed by atoms with van der Waals surface area (Å²) in [6.07, 6.45) is 1.60. The molecule has 0 aromatic heterocycles. The molecule has 3 aromatic carbocycles. The minimum atomic E-state index is -0.534. The van der Waals surface area contributed by atoms with Gasteiger partial charge in [-0.3, -0.25) is 9.59 Å². The van der Waals surface area contributed by atoms with E-state index in [1.807, 2.05) is 88.4 Å². The number of nitrogens with one attached hydrogen (secondary N) is 2. The molecule has 1 fully saturated rings. The lowest BCUT2D eigenvalue weighted by Gasteiger charge is -2.20. The molecule has 0 radical (unpaired) electrons. The highest BCUT2D eigenvalue weighted by Gasteiger charge is 2.51. The van der Waals surface area contributed by atoms with Crippen LogP contribution in [-0.2, 0) is 10.2 Å². The topological polar surface area (TPSA) is 76.7 Å². The van der Waals surface area contributed by atoms with Crippen molar-refractivity contribution < 1.29 is 21.9 Å². The summed E-state index contributed by atoms with van der Waals surface area (Å²) in [5.41, 5.74) is 4.58. The molecular weight excluding hydrogens is 440 g/mol. The van der Waals surface area contributed by atoms with E-state index in [0.717, 1.165) is 46.5 Å². The van der Waals surface area contributed by atoms with Crippen LogP contribution in [0.5, 0.6) is 11.5 Å². The number of aryl methyl sites for hydroxylation is 1. The molecule has 1 aliphatic heterocycles. The van der Waals surface area contributed by atoms with Crippen LogP contribution in [0, 0.1) is 6.92 Å². The van der Waals surface area contributed by atoms with Crippen LogP contribution in [-0.4, -0.2) is 24.1 Å². The van der Waals surface area contributed by atoms with Crippen LogP contribution in [0.15, 0.2) is 60.7 Å². The van der Waals surface area contributed by atoms with Gasteiger partial charge in [-0.05, 0) is 99.2 Å². The maximum absolute atomic E-state index is 13.3. The highest BCUT2D eigenvalue weighted by atomic mass is 16.7. The Hall–Kier alpha value is -3.80. The van der Waals surface area contributed by atoms with Crippen LogP contribution < -0.4 is 20.1 Å². The first-order valence-corrected chi connectivity index (χ1v) is 11.9. The van der Waals surface area contributed by atoms with Gasteiger partial charge >= 0.3 is 0 Å². The van der Waals surface area contributed by atoms with E-state index in [1.54, 1.807) is 0 Å². The molecule has 184 valence electrons. The Morgan fingerprint density at radius 2 is 1.63 bits per heavy atom. The monoisotopic (exact) mass is 474 g/mol. The van der Waals surface area contributed by atoms with Gasteiger partial charge in [-0.1, -0.05) is 24.3 Å². The third-order valence-corrected chi connectivity index (χ3v) is 6.55. The lowest BCUT2D eigenvalue weighted by Crippen LogP contribution is -2.40. The number of carbonyl (C=O) groups is 2. The lowest BCUT2D eigenvalue weighted by molar-refractivity contribution is -0.118. The van der Waals surface area contributed by atoms with E-state index < -0.39 is 5.41 Å². The molecule has 0 unspecified atom stereocenters. The first kappa shape index (κ1) is 23.0. The van der Waals surface area contributed by atoms with Gasteiger partial charge in [0.2, 0.25) is 12.7 Å². The third kappa shape index (κ3) is 4.61. The number of carbonyl (C=O) groups excluding carboxylic acids is 2. The van der Waals surface area contributed by atoms with Crippen molar-refractivity contribution >= 4 is 17.5 Å². The number of anilines is 1. The van der Waals surface area contributed by atoms with E-state index in [0.29, 0.717) is 11.3 Å². The Morgan fingerprint density at radius 3 is 2.31 bits per heavy atom. The van der Waals surface area contributed by atoms with Crippen LogP contribution in [0.2, 0.25) is 0 Å². The van der Waals surface area contributed by atoms with E-state index in [1.165, 1.54) is 0 Å². The summed E-state index contributed by atoms with van der Waals surface area (Å²) in [6.45, 7) is 8.13. The van der Waals surface area contributed by atoms with Crippen LogP contribution >= 0.6 is 0 Å². The van der Waals surface area contributed by atoms with E-state index >= 15 is 0 Å². The Labute approximate surface area is 208 Å². The van der Waals surface area contributed by atoms with Gasteiger partial charge in [-0.15, -0.1) is 0 Å². The van der Waals surface area contributed by atoms with Gasteiger partial charge in [0.1, 0.15) is 0 Å². The summed E-state index contributed by atoms with van der Waals surface area (Å²) >= 11 is 0. The highest BCUT2D eigenvalue weighted by Crippen LogP contribution is 2.51. The summed E-state index contributed by atoms with van der Waals surface area (Å²) in [5, 5.41) is 6.11. The fraction of sp³-hybridized carbons (Fsp3) is 0.310. The molecule has 2 amide bonds. The van der Waals surface area contributed by atoms with Crippen molar-refractivity contribution in [3.8, 4) is 22.6 Å². The molecule has 2 aliphatic rings. The second-order valence-corrected chi connectivity index (χ2v) is 10.4. The molecule has 0 spiro atoms. The minimum absolute atomic E-state index is 0. The van der Waals surface area contributed by atoms with E-state index in [9.17, 15) is 9.59 Å². The van der Waals surface area contributed by atoms with Crippen LogP contribution in [0.4, 0.5) is 5.69 Å². The highest BCUT2D eigenvalue weighted by molar-refractivity contribution is 6.02. The van der Waals surface area contributed by atoms with Crippen molar-refractivity contribution in [3.05, 3.63) is 77.4 Å². The molecule has 3 aromatic rings. The molecule has 0 saturated heterocycles. The molecule has 2 N–H and O–H groups in total. The molecule has 6 nitrogen and oxygen atoms in total. The third-order valence-electron chi connectivity index (χ3n) is 6.55. The fourth-order valence-corrected chi connectivity index (χ4v) is 4.44. The first-order chi connectivity index (χ1) is 16.6. The summed E-state index contributed by atoms with van der Waals surface area (Å²) in [5.74, 6) is 1.30. The molecule has 1 saturated carbocycles. The first-order valence-electron chi connectivity index (χ1n) is 11.9. The SMILES string of the molecule is Cc1ccc(NC(=O)C2(c3ccc4c(c3)OCO4)CC2)cc1-c1ccc(C(=O)NC(C)(C)C)cc1.[HH].[HH]. The molecule has 0 bridgehead atoms. The Kier molecular flexibility index (Phi) is 5.55. The van der Waals surface area contributed by atoms with Crippen molar-refractivity contribution in [3.63, 3.8) is 0 Å². The van der Waals surface area contributed by atoms with Gasteiger partial charge in [0.25, 0.3) is 5.91 Å². The Bertz CT molecular complexity index is 1310. The molecule has 1 aliphatic carbocycles. The average molecular weight is 475 g/mol. The summed E-state index contributed by atoms with van der Waals surface area (Å²) in [7, 11) is 0. The van der Waals surface area contributed by atoms with Crippen molar-refractivity contribution in [1.82, 2.24) is 5.32 Å². The van der Waals surface area contributed by atoms with E-state index in [2.05, 4.69) is 10.6 Å². The number of rotatable bonds is 5. The number of hydrogen-bond donors (Lipinski definition) is 2. The maximum atomic E-state index is 13.3. The smallest absolute Gasteiger partial charge is 0.251 e. The zero-order valence-corrected chi connectivity index (χ0v) is 20.5.